The molecule has 0 aromatic rings. The molecule has 0 spiro atoms. The van der Waals surface area contributed by atoms with Crippen molar-refractivity contribution in [3.05, 3.63) is 12.2 Å². The van der Waals surface area contributed by atoms with E-state index in [4.69, 9.17) is 23.6 Å². The summed E-state index contributed by atoms with van der Waals surface area (Å²) in [5.74, 6) is -0.827. The van der Waals surface area contributed by atoms with Crippen LogP contribution in [-0.2, 0) is 37.5 Å². The van der Waals surface area contributed by atoms with E-state index in [1.165, 1.54) is 103 Å². The molecule has 0 saturated heterocycles. The first kappa shape index (κ1) is 61.3. The minimum absolute atomic E-state index is 0.0146. The number of rotatable bonds is 45. The summed E-state index contributed by atoms with van der Waals surface area (Å²) < 4.78 is 32.9. The van der Waals surface area contributed by atoms with Gasteiger partial charge in [0, 0.05) is 25.2 Å². The van der Waals surface area contributed by atoms with E-state index < -0.39 is 69.9 Å². The Morgan fingerprint density at radius 3 is 1.72 bits per heavy atom. The molecule has 0 radical (unpaired) electrons. The van der Waals surface area contributed by atoms with Crippen LogP contribution in [0.2, 0.25) is 0 Å². The van der Waals surface area contributed by atoms with Gasteiger partial charge in [0.1, 0.15) is 18.5 Å². The van der Waals surface area contributed by atoms with E-state index in [9.17, 15) is 39.2 Å². The number of ketones is 1. The summed E-state index contributed by atoms with van der Waals surface area (Å²) in [6.07, 6.45) is 32.2. The van der Waals surface area contributed by atoms with Crippen LogP contribution < -0.4 is 0 Å². The van der Waals surface area contributed by atoms with Gasteiger partial charge in [-0.3, -0.25) is 23.4 Å². The second-order valence-electron chi connectivity index (χ2n) is 18.9. The fourth-order valence-electron chi connectivity index (χ4n) is 8.41. The predicted molar refractivity (Wildman–Crippen MR) is 257 cm³/mol. The minimum Gasteiger partial charge on any atom is -0.462 e. The number of aliphatic hydroxyl groups excluding tert-OH is 4. The number of allylic oxidation sites excluding steroid dienone is 1. The Kier molecular flexibility index (Phi) is 37.9. The molecule has 13 nitrogen and oxygen atoms in total. The molecular weight excluding hydrogens is 852 g/mol. The molecule has 0 heterocycles. The predicted octanol–water partition coefficient (Wildman–Crippen LogP) is 11.2. The molecule has 1 aliphatic carbocycles. The summed E-state index contributed by atoms with van der Waals surface area (Å²) >= 11 is 0. The molecular formula is C51H95O13P. The first-order valence-electron chi connectivity index (χ1n) is 26.1. The van der Waals surface area contributed by atoms with Crippen molar-refractivity contribution in [1.82, 2.24) is 0 Å². The average molecular weight is 947 g/mol. The second kappa shape index (κ2) is 40.2. The van der Waals surface area contributed by atoms with Crippen LogP contribution >= 0.6 is 7.82 Å². The number of carbonyl (C=O) groups is 3. The van der Waals surface area contributed by atoms with Crippen LogP contribution in [0.1, 0.15) is 226 Å². The van der Waals surface area contributed by atoms with Crippen molar-refractivity contribution in [1.29, 1.82) is 0 Å². The van der Waals surface area contributed by atoms with Crippen LogP contribution in [-0.4, -0.2) is 93.9 Å². The van der Waals surface area contributed by atoms with Crippen molar-refractivity contribution in [3.8, 4) is 0 Å². The highest BCUT2D eigenvalue weighted by molar-refractivity contribution is 7.47. The van der Waals surface area contributed by atoms with E-state index in [1.807, 2.05) is 0 Å². The van der Waals surface area contributed by atoms with E-state index in [-0.39, 0.29) is 37.6 Å². The Balaban J connectivity index is 2.31. The first-order chi connectivity index (χ1) is 31.3. The lowest BCUT2D eigenvalue weighted by Gasteiger charge is -2.20. The van der Waals surface area contributed by atoms with Gasteiger partial charge in [-0.2, -0.15) is 0 Å². The number of Topliss-reactive ketones (excluding diaryl/α,β-unsaturated/α-hetero) is 1. The van der Waals surface area contributed by atoms with E-state index in [2.05, 4.69) is 20.8 Å². The Morgan fingerprint density at radius 2 is 1.18 bits per heavy atom. The van der Waals surface area contributed by atoms with Crippen molar-refractivity contribution >= 4 is 25.5 Å². The molecule has 0 bridgehead atoms. The normalized spacial score (nSPS) is 19.3. The molecule has 0 aromatic heterocycles. The minimum atomic E-state index is -4.69. The number of carbonyl (C=O) groups excluding carboxylic acids is 3. The Labute approximate surface area is 394 Å². The molecule has 0 amide bonds. The van der Waals surface area contributed by atoms with Crippen molar-refractivity contribution in [3.63, 3.8) is 0 Å². The molecule has 65 heavy (non-hydrogen) atoms. The number of ether oxygens (including phenoxy) is 2. The Hall–Kier alpha value is -1.70. The monoisotopic (exact) mass is 947 g/mol. The zero-order valence-electron chi connectivity index (χ0n) is 41.1. The first-order valence-corrected chi connectivity index (χ1v) is 27.6. The lowest BCUT2D eigenvalue weighted by atomic mass is 9.88. The van der Waals surface area contributed by atoms with Crippen molar-refractivity contribution in [2.45, 2.75) is 251 Å². The summed E-state index contributed by atoms with van der Waals surface area (Å²) in [5, 5.41) is 39.2. The second-order valence-corrected chi connectivity index (χ2v) is 20.4. The third kappa shape index (κ3) is 34.3. The molecule has 0 aromatic carbocycles. The van der Waals surface area contributed by atoms with Gasteiger partial charge in [0.05, 0.1) is 32.0 Å². The zero-order valence-corrected chi connectivity index (χ0v) is 42.0. The van der Waals surface area contributed by atoms with E-state index in [0.29, 0.717) is 32.1 Å². The zero-order chi connectivity index (χ0) is 48.0. The third-order valence-corrected chi connectivity index (χ3v) is 13.8. The van der Waals surface area contributed by atoms with Gasteiger partial charge in [-0.15, -0.1) is 0 Å². The number of phosphoric acid groups is 1. The lowest BCUT2D eigenvalue weighted by Crippen LogP contribution is -2.29. The van der Waals surface area contributed by atoms with Crippen LogP contribution in [0, 0.1) is 17.8 Å². The van der Waals surface area contributed by atoms with Gasteiger partial charge in [0.2, 0.25) is 0 Å². The largest absolute Gasteiger partial charge is 0.472 e. The van der Waals surface area contributed by atoms with Crippen LogP contribution in [0.3, 0.4) is 0 Å². The standard InChI is InChI=1S/C51H95O13P/c1-4-6-25-31-43(53)35-36-47-46(48(55)37-49(47)56)32-27-23-24-29-34-51(58)64-45(41-63-65(59,60)62-39-44(54)38-52)40-61-50(57)33-28-22-20-18-16-14-12-10-8-7-9-11-13-15-17-19-21-26-30-42(3)5-2/h35-36,42-48,52-55H,4-34,37-41H2,1-3H3,(H,59,60)/b36-35+/t42?,43-,44-,45+,46+,47+,48-/m0/s1. The molecule has 14 heteroatoms. The maximum atomic E-state index is 12.8. The maximum absolute atomic E-state index is 12.8. The quantitative estimate of drug-likeness (QED) is 0.0167. The summed E-state index contributed by atoms with van der Waals surface area (Å²) in [5.41, 5.74) is 0. The molecule has 0 aliphatic heterocycles. The van der Waals surface area contributed by atoms with Crippen molar-refractivity contribution in [2.24, 2.45) is 17.8 Å². The highest BCUT2D eigenvalue weighted by atomic mass is 31.2. The van der Waals surface area contributed by atoms with E-state index >= 15 is 0 Å². The summed E-state index contributed by atoms with van der Waals surface area (Å²) in [4.78, 5) is 47.9. The van der Waals surface area contributed by atoms with Crippen LogP contribution in [0.25, 0.3) is 0 Å². The average Bonchev–Trinajstić information content (AvgIpc) is 3.56. The fourth-order valence-corrected chi connectivity index (χ4v) is 9.20. The smallest absolute Gasteiger partial charge is 0.462 e. The number of aliphatic hydroxyl groups is 4. The van der Waals surface area contributed by atoms with E-state index in [0.717, 1.165) is 57.3 Å². The van der Waals surface area contributed by atoms with Crippen molar-refractivity contribution in [2.75, 3.05) is 26.4 Å². The number of unbranched alkanes of at least 4 members (excludes halogenated alkanes) is 22. The highest BCUT2D eigenvalue weighted by Crippen LogP contribution is 2.43. The summed E-state index contributed by atoms with van der Waals surface area (Å²) in [6, 6.07) is 0. The molecule has 5 N–H and O–H groups in total. The Bertz CT molecular complexity index is 1260. The number of esters is 2. The van der Waals surface area contributed by atoms with Gasteiger partial charge in [0.15, 0.2) is 6.10 Å². The molecule has 2 unspecified atom stereocenters. The maximum Gasteiger partial charge on any atom is 0.472 e. The number of hydrogen-bond acceptors (Lipinski definition) is 12. The molecule has 8 atom stereocenters. The molecule has 1 fully saturated rings. The Morgan fingerprint density at radius 1 is 0.692 bits per heavy atom. The van der Waals surface area contributed by atoms with Gasteiger partial charge < -0.3 is 34.8 Å². The van der Waals surface area contributed by atoms with Gasteiger partial charge >= 0.3 is 19.8 Å². The van der Waals surface area contributed by atoms with Gasteiger partial charge in [0.25, 0.3) is 0 Å². The van der Waals surface area contributed by atoms with Gasteiger partial charge in [-0.05, 0) is 37.5 Å². The van der Waals surface area contributed by atoms with Crippen LogP contribution in [0.15, 0.2) is 12.2 Å². The van der Waals surface area contributed by atoms with Crippen molar-refractivity contribution < 1.29 is 62.8 Å². The summed E-state index contributed by atoms with van der Waals surface area (Å²) in [6.45, 7) is 4.43. The van der Waals surface area contributed by atoms with Crippen LogP contribution in [0.4, 0.5) is 0 Å². The topological polar surface area (TPSA) is 206 Å². The fraction of sp³-hybridized carbons (Fsp3) is 0.902. The van der Waals surface area contributed by atoms with Crippen LogP contribution in [0.5, 0.6) is 0 Å². The SMILES string of the molecule is CCCCC[C@H](O)/C=C/[C@H]1C(=O)C[C@H](O)[C@@H]1CCCCCCC(=O)O[C@H](COC(=O)CCCCCCCCCCCCCCCCCCCCC(C)CC)COP(=O)(O)OC[C@@H](O)CO. The van der Waals surface area contributed by atoms with Gasteiger partial charge in [-0.1, -0.05) is 193 Å². The molecule has 1 rings (SSSR count). The molecule has 382 valence electrons. The number of phosphoric ester groups is 1. The highest BCUT2D eigenvalue weighted by Gasteiger charge is 2.39. The molecule has 1 saturated carbocycles. The van der Waals surface area contributed by atoms with E-state index in [1.54, 1.807) is 12.2 Å². The molecule has 1 aliphatic rings. The lowest BCUT2D eigenvalue weighted by molar-refractivity contribution is -0.161. The van der Waals surface area contributed by atoms with Gasteiger partial charge in [-0.25, -0.2) is 4.57 Å². The number of hydrogen-bond donors (Lipinski definition) is 5. The third-order valence-electron chi connectivity index (χ3n) is 12.9. The summed E-state index contributed by atoms with van der Waals surface area (Å²) in [7, 11) is -4.69.